The SMILES string of the molecule is CN(C1CCCC1)C1(CN)CCOCC1. The predicted molar refractivity (Wildman–Crippen MR) is 61.9 cm³/mol. The fraction of sp³-hybridized carbons (Fsp3) is 1.00. The molecule has 1 aliphatic heterocycles. The van der Waals surface area contributed by atoms with Crippen molar-refractivity contribution in [3.05, 3.63) is 0 Å². The molecule has 1 saturated heterocycles. The largest absolute Gasteiger partial charge is 0.381 e. The summed E-state index contributed by atoms with van der Waals surface area (Å²) in [6, 6.07) is 0.770. The van der Waals surface area contributed by atoms with Gasteiger partial charge < -0.3 is 10.5 Å². The maximum Gasteiger partial charge on any atom is 0.0484 e. The molecule has 3 nitrogen and oxygen atoms in total. The molecule has 88 valence electrons. The molecule has 1 aliphatic carbocycles. The normalized spacial score (nSPS) is 27.4. The van der Waals surface area contributed by atoms with Gasteiger partial charge in [-0.05, 0) is 32.7 Å². The van der Waals surface area contributed by atoms with Crippen LogP contribution in [0.3, 0.4) is 0 Å². The Morgan fingerprint density at radius 3 is 2.40 bits per heavy atom. The summed E-state index contributed by atoms with van der Waals surface area (Å²) in [5.74, 6) is 0. The van der Waals surface area contributed by atoms with Gasteiger partial charge in [-0.25, -0.2) is 0 Å². The van der Waals surface area contributed by atoms with E-state index in [1.54, 1.807) is 0 Å². The number of ether oxygens (including phenoxy) is 1. The molecule has 0 atom stereocenters. The van der Waals surface area contributed by atoms with E-state index in [-0.39, 0.29) is 5.54 Å². The fourth-order valence-corrected chi connectivity index (χ4v) is 3.13. The number of likely N-dealkylation sites (N-methyl/N-ethyl adjacent to an activating group) is 1. The van der Waals surface area contributed by atoms with E-state index < -0.39 is 0 Å². The minimum Gasteiger partial charge on any atom is -0.381 e. The van der Waals surface area contributed by atoms with Crippen LogP contribution in [-0.4, -0.2) is 43.3 Å². The zero-order valence-corrected chi connectivity index (χ0v) is 9.87. The number of rotatable bonds is 3. The standard InChI is InChI=1S/C12H24N2O/c1-14(11-4-2-3-5-11)12(10-13)6-8-15-9-7-12/h11H,2-10,13H2,1H3. The lowest BCUT2D eigenvalue weighted by Gasteiger charge is -2.46. The summed E-state index contributed by atoms with van der Waals surface area (Å²) in [6.45, 7) is 2.55. The van der Waals surface area contributed by atoms with Crippen LogP contribution < -0.4 is 5.73 Å². The molecule has 15 heavy (non-hydrogen) atoms. The van der Waals surface area contributed by atoms with Crippen molar-refractivity contribution in [3.63, 3.8) is 0 Å². The molecule has 0 unspecified atom stereocenters. The Morgan fingerprint density at radius 2 is 1.87 bits per heavy atom. The van der Waals surface area contributed by atoms with Crippen molar-refractivity contribution >= 4 is 0 Å². The molecule has 0 amide bonds. The highest BCUT2D eigenvalue weighted by Crippen LogP contribution is 2.33. The summed E-state index contributed by atoms with van der Waals surface area (Å²) in [4.78, 5) is 2.57. The summed E-state index contributed by atoms with van der Waals surface area (Å²) >= 11 is 0. The predicted octanol–water partition coefficient (Wildman–Crippen LogP) is 1.37. The van der Waals surface area contributed by atoms with Crippen molar-refractivity contribution in [3.8, 4) is 0 Å². The first-order valence-electron chi connectivity index (χ1n) is 6.29. The Bertz CT molecular complexity index is 196. The Hall–Kier alpha value is -0.120. The Kier molecular flexibility index (Phi) is 3.65. The van der Waals surface area contributed by atoms with Gasteiger partial charge in [0.05, 0.1) is 0 Å². The summed E-state index contributed by atoms with van der Waals surface area (Å²) in [5, 5.41) is 0. The molecule has 2 aliphatic rings. The van der Waals surface area contributed by atoms with Gasteiger partial charge in [-0.3, -0.25) is 4.90 Å². The Balaban J connectivity index is 2.02. The highest BCUT2D eigenvalue weighted by Gasteiger charge is 2.39. The van der Waals surface area contributed by atoms with Gasteiger partial charge in [-0.2, -0.15) is 0 Å². The summed E-state index contributed by atoms with van der Waals surface area (Å²) < 4.78 is 5.46. The van der Waals surface area contributed by atoms with Crippen LogP contribution in [0.25, 0.3) is 0 Å². The molecule has 2 fully saturated rings. The van der Waals surface area contributed by atoms with Gasteiger partial charge in [-0.15, -0.1) is 0 Å². The van der Waals surface area contributed by atoms with Crippen molar-refractivity contribution in [1.82, 2.24) is 4.90 Å². The third kappa shape index (κ3) is 2.19. The first-order valence-corrected chi connectivity index (χ1v) is 6.29. The first-order chi connectivity index (χ1) is 7.28. The molecule has 3 heteroatoms. The highest BCUT2D eigenvalue weighted by atomic mass is 16.5. The van der Waals surface area contributed by atoms with Gasteiger partial charge >= 0.3 is 0 Å². The second-order valence-electron chi connectivity index (χ2n) is 5.09. The molecule has 0 spiro atoms. The second-order valence-corrected chi connectivity index (χ2v) is 5.09. The van der Waals surface area contributed by atoms with Crippen molar-refractivity contribution in [1.29, 1.82) is 0 Å². The van der Waals surface area contributed by atoms with Crippen molar-refractivity contribution < 1.29 is 4.74 Å². The smallest absolute Gasteiger partial charge is 0.0484 e. The van der Waals surface area contributed by atoms with Crippen LogP contribution in [-0.2, 0) is 4.74 Å². The first kappa shape index (κ1) is 11.4. The molecular formula is C12H24N2O. The molecule has 1 heterocycles. The summed E-state index contributed by atoms with van der Waals surface area (Å²) in [7, 11) is 2.27. The molecule has 0 aromatic rings. The van der Waals surface area contributed by atoms with Gasteiger partial charge in [0.1, 0.15) is 0 Å². The van der Waals surface area contributed by atoms with Gasteiger partial charge in [-0.1, -0.05) is 12.8 Å². The van der Waals surface area contributed by atoms with Gasteiger partial charge in [0.15, 0.2) is 0 Å². The maximum atomic E-state index is 6.01. The molecule has 1 saturated carbocycles. The number of hydrogen-bond donors (Lipinski definition) is 1. The number of nitrogens with zero attached hydrogens (tertiary/aromatic N) is 1. The lowest BCUT2D eigenvalue weighted by atomic mass is 9.87. The average Bonchev–Trinajstić information content (AvgIpc) is 2.82. The van der Waals surface area contributed by atoms with Crippen molar-refractivity contribution in [2.24, 2.45) is 5.73 Å². The molecule has 0 bridgehead atoms. The van der Waals surface area contributed by atoms with E-state index in [0.29, 0.717) is 0 Å². The van der Waals surface area contributed by atoms with E-state index in [0.717, 1.165) is 38.6 Å². The average molecular weight is 212 g/mol. The lowest BCUT2D eigenvalue weighted by molar-refractivity contribution is -0.0294. The van der Waals surface area contributed by atoms with Crippen molar-refractivity contribution in [2.75, 3.05) is 26.8 Å². The van der Waals surface area contributed by atoms with E-state index in [2.05, 4.69) is 11.9 Å². The van der Waals surface area contributed by atoms with E-state index in [9.17, 15) is 0 Å². The van der Waals surface area contributed by atoms with Gasteiger partial charge in [0, 0.05) is 31.3 Å². The zero-order chi connectivity index (χ0) is 10.7. The van der Waals surface area contributed by atoms with Crippen LogP contribution in [0.1, 0.15) is 38.5 Å². The zero-order valence-electron chi connectivity index (χ0n) is 9.87. The Labute approximate surface area is 93.0 Å². The van der Waals surface area contributed by atoms with Crippen LogP contribution in [0.5, 0.6) is 0 Å². The van der Waals surface area contributed by atoms with Crippen LogP contribution in [0.15, 0.2) is 0 Å². The maximum absolute atomic E-state index is 6.01. The molecule has 0 aromatic heterocycles. The number of hydrogen-bond acceptors (Lipinski definition) is 3. The third-order valence-electron chi connectivity index (χ3n) is 4.42. The molecule has 0 radical (unpaired) electrons. The van der Waals surface area contributed by atoms with Crippen LogP contribution in [0.2, 0.25) is 0 Å². The fourth-order valence-electron chi connectivity index (χ4n) is 3.13. The summed E-state index contributed by atoms with van der Waals surface area (Å²) in [5.41, 5.74) is 6.24. The number of nitrogens with two attached hydrogens (primary N) is 1. The molecule has 2 rings (SSSR count). The van der Waals surface area contributed by atoms with Crippen molar-refractivity contribution in [2.45, 2.75) is 50.1 Å². The van der Waals surface area contributed by atoms with Crippen LogP contribution in [0.4, 0.5) is 0 Å². The highest BCUT2D eigenvalue weighted by molar-refractivity contribution is 4.95. The quantitative estimate of drug-likeness (QED) is 0.768. The molecule has 2 N–H and O–H groups in total. The summed E-state index contributed by atoms with van der Waals surface area (Å²) in [6.07, 6.45) is 7.73. The lowest BCUT2D eigenvalue weighted by Crippen LogP contribution is -2.58. The monoisotopic (exact) mass is 212 g/mol. The minimum atomic E-state index is 0.229. The topological polar surface area (TPSA) is 38.5 Å². The van der Waals surface area contributed by atoms with E-state index in [1.165, 1.54) is 25.7 Å². The second kappa shape index (κ2) is 4.81. The third-order valence-corrected chi connectivity index (χ3v) is 4.42. The van der Waals surface area contributed by atoms with E-state index in [1.807, 2.05) is 0 Å². The Morgan fingerprint density at radius 1 is 1.27 bits per heavy atom. The van der Waals surface area contributed by atoms with E-state index >= 15 is 0 Å². The van der Waals surface area contributed by atoms with Gasteiger partial charge in [0.2, 0.25) is 0 Å². The molecular weight excluding hydrogens is 188 g/mol. The minimum absolute atomic E-state index is 0.229. The molecule has 0 aromatic carbocycles. The van der Waals surface area contributed by atoms with Crippen LogP contribution in [0, 0.1) is 0 Å². The van der Waals surface area contributed by atoms with E-state index in [4.69, 9.17) is 10.5 Å². The van der Waals surface area contributed by atoms with Gasteiger partial charge in [0.25, 0.3) is 0 Å². The van der Waals surface area contributed by atoms with Crippen LogP contribution >= 0.6 is 0 Å².